The highest BCUT2D eigenvalue weighted by Gasteiger charge is 2.19. The van der Waals surface area contributed by atoms with Crippen molar-refractivity contribution in [3.8, 4) is 5.75 Å². The highest BCUT2D eigenvalue weighted by Crippen LogP contribution is 2.29. The number of anilines is 1. The van der Waals surface area contributed by atoms with Gasteiger partial charge in [-0.15, -0.1) is 0 Å². The van der Waals surface area contributed by atoms with Crippen molar-refractivity contribution in [2.24, 2.45) is 0 Å². The molecule has 0 bridgehead atoms. The number of hydrogen-bond donors (Lipinski definition) is 1. The molecular weight excluding hydrogens is 416 g/mol. The highest BCUT2D eigenvalue weighted by molar-refractivity contribution is 9.10. The second kappa shape index (κ2) is 7.86. The van der Waals surface area contributed by atoms with Crippen LogP contribution in [0.15, 0.2) is 47.1 Å². The minimum absolute atomic E-state index is 0.0640. The third-order valence-corrected chi connectivity index (χ3v) is 5.49. The fraction of sp³-hybridized carbons (Fsp3) is 0.300. The van der Waals surface area contributed by atoms with E-state index in [9.17, 15) is 8.78 Å². The summed E-state index contributed by atoms with van der Waals surface area (Å²) in [5.74, 6) is -1.25. The van der Waals surface area contributed by atoms with Crippen LogP contribution in [-0.2, 0) is 0 Å². The third-order valence-electron chi connectivity index (χ3n) is 4.90. The molecule has 1 fully saturated rings. The van der Waals surface area contributed by atoms with Crippen LogP contribution in [0.3, 0.4) is 0 Å². The molecule has 27 heavy (non-hydrogen) atoms. The molecule has 142 valence electrons. The number of halogens is 3. The number of aromatic amines is 1. The molecule has 4 rings (SSSR count). The number of aromatic nitrogens is 1. The van der Waals surface area contributed by atoms with E-state index in [-0.39, 0.29) is 5.75 Å². The van der Waals surface area contributed by atoms with Crippen molar-refractivity contribution >= 4 is 32.5 Å². The van der Waals surface area contributed by atoms with Gasteiger partial charge in [-0.3, -0.25) is 4.90 Å². The van der Waals surface area contributed by atoms with Crippen LogP contribution in [0.1, 0.15) is 0 Å². The Morgan fingerprint density at radius 1 is 1.07 bits per heavy atom. The van der Waals surface area contributed by atoms with Gasteiger partial charge in [0.05, 0.1) is 4.47 Å². The standard InChI is InChI=1S/C20H20BrF2N3O/c21-16-12-14(22)13-17(23)20(16)27-11-10-25-6-8-26(9-7-25)19-3-1-2-18-15(19)4-5-24-18/h1-5,12-13,24H,6-11H2. The molecule has 1 N–H and O–H groups in total. The molecular formula is C20H20BrF2N3O. The molecule has 1 aliphatic heterocycles. The zero-order chi connectivity index (χ0) is 18.8. The fourth-order valence-electron chi connectivity index (χ4n) is 3.50. The molecule has 2 heterocycles. The molecule has 1 saturated heterocycles. The Hall–Kier alpha value is -2.12. The first-order valence-electron chi connectivity index (χ1n) is 8.92. The predicted octanol–water partition coefficient (Wildman–Crippen LogP) is 4.41. The summed E-state index contributed by atoms with van der Waals surface area (Å²) in [6, 6.07) is 10.5. The first kappa shape index (κ1) is 18.3. The summed E-state index contributed by atoms with van der Waals surface area (Å²) in [7, 11) is 0. The van der Waals surface area contributed by atoms with Crippen LogP contribution in [0.5, 0.6) is 5.75 Å². The topological polar surface area (TPSA) is 31.5 Å². The maximum atomic E-state index is 13.8. The number of H-pyrrole nitrogens is 1. The van der Waals surface area contributed by atoms with Crippen LogP contribution >= 0.6 is 15.9 Å². The van der Waals surface area contributed by atoms with E-state index in [0.29, 0.717) is 17.6 Å². The summed E-state index contributed by atoms with van der Waals surface area (Å²) in [6.07, 6.45) is 1.97. The highest BCUT2D eigenvalue weighted by atomic mass is 79.9. The van der Waals surface area contributed by atoms with Gasteiger partial charge in [0.15, 0.2) is 11.6 Å². The molecule has 4 nitrogen and oxygen atoms in total. The van der Waals surface area contributed by atoms with Gasteiger partial charge in [0, 0.05) is 61.6 Å². The normalized spacial score (nSPS) is 15.4. The Bertz CT molecular complexity index is 915. The van der Waals surface area contributed by atoms with Gasteiger partial charge in [-0.1, -0.05) is 6.07 Å². The monoisotopic (exact) mass is 435 g/mol. The largest absolute Gasteiger partial charge is 0.488 e. The molecule has 0 atom stereocenters. The average Bonchev–Trinajstić information content (AvgIpc) is 3.13. The lowest BCUT2D eigenvalue weighted by Gasteiger charge is -2.36. The third kappa shape index (κ3) is 3.94. The average molecular weight is 436 g/mol. The Morgan fingerprint density at radius 2 is 1.89 bits per heavy atom. The summed E-state index contributed by atoms with van der Waals surface area (Å²) in [5.41, 5.74) is 2.40. The van der Waals surface area contributed by atoms with Gasteiger partial charge in [0.1, 0.15) is 12.4 Å². The van der Waals surface area contributed by atoms with Crippen LogP contribution in [0.4, 0.5) is 14.5 Å². The molecule has 3 aromatic rings. The van der Waals surface area contributed by atoms with E-state index in [2.05, 4.69) is 55.0 Å². The van der Waals surface area contributed by atoms with Gasteiger partial charge < -0.3 is 14.6 Å². The van der Waals surface area contributed by atoms with E-state index in [1.807, 2.05) is 6.20 Å². The summed E-state index contributed by atoms with van der Waals surface area (Å²) < 4.78 is 32.8. The summed E-state index contributed by atoms with van der Waals surface area (Å²) in [5, 5.41) is 1.24. The number of benzene rings is 2. The van der Waals surface area contributed by atoms with Crippen LogP contribution in [0, 0.1) is 11.6 Å². The molecule has 0 spiro atoms. The lowest BCUT2D eigenvalue weighted by atomic mass is 10.1. The van der Waals surface area contributed by atoms with Crippen molar-refractivity contribution < 1.29 is 13.5 Å². The van der Waals surface area contributed by atoms with Crippen LogP contribution < -0.4 is 9.64 Å². The zero-order valence-corrected chi connectivity index (χ0v) is 16.3. The first-order chi connectivity index (χ1) is 13.1. The Morgan fingerprint density at radius 3 is 2.67 bits per heavy atom. The van der Waals surface area contributed by atoms with E-state index in [4.69, 9.17) is 4.74 Å². The maximum absolute atomic E-state index is 13.8. The molecule has 2 aromatic carbocycles. The van der Waals surface area contributed by atoms with E-state index >= 15 is 0 Å². The second-order valence-corrected chi connectivity index (χ2v) is 7.45. The van der Waals surface area contributed by atoms with Gasteiger partial charge in [-0.2, -0.15) is 0 Å². The first-order valence-corrected chi connectivity index (χ1v) is 9.72. The van der Waals surface area contributed by atoms with E-state index in [1.165, 1.54) is 17.1 Å². The van der Waals surface area contributed by atoms with Gasteiger partial charge in [0.2, 0.25) is 0 Å². The number of piperazine rings is 1. The van der Waals surface area contributed by atoms with Crippen molar-refractivity contribution in [3.05, 3.63) is 58.7 Å². The Kier molecular flexibility index (Phi) is 5.31. The number of rotatable bonds is 5. The summed E-state index contributed by atoms with van der Waals surface area (Å²) in [6.45, 7) is 4.74. The van der Waals surface area contributed by atoms with Crippen molar-refractivity contribution in [3.63, 3.8) is 0 Å². The van der Waals surface area contributed by atoms with E-state index in [1.54, 1.807) is 0 Å². The summed E-state index contributed by atoms with van der Waals surface area (Å²) in [4.78, 5) is 7.94. The van der Waals surface area contributed by atoms with Crippen molar-refractivity contribution in [2.75, 3.05) is 44.2 Å². The van der Waals surface area contributed by atoms with Crippen LogP contribution in [0.2, 0.25) is 0 Å². The molecule has 0 amide bonds. The molecule has 7 heteroatoms. The van der Waals surface area contributed by atoms with Crippen LogP contribution in [0.25, 0.3) is 10.9 Å². The van der Waals surface area contributed by atoms with Gasteiger partial charge in [-0.05, 0) is 40.2 Å². The fourth-order valence-corrected chi connectivity index (χ4v) is 4.02. The molecule has 0 radical (unpaired) electrons. The Balaban J connectivity index is 1.31. The van der Waals surface area contributed by atoms with Crippen molar-refractivity contribution in [1.29, 1.82) is 0 Å². The minimum atomic E-state index is -0.689. The SMILES string of the molecule is Fc1cc(F)c(OCCN2CCN(c3cccc4[nH]ccc34)CC2)c(Br)c1. The predicted molar refractivity (Wildman–Crippen MR) is 107 cm³/mol. The molecule has 1 aromatic heterocycles. The Labute approximate surface area is 164 Å². The van der Waals surface area contributed by atoms with Crippen molar-refractivity contribution in [2.45, 2.75) is 0 Å². The molecule has 0 unspecified atom stereocenters. The lowest BCUT2D eigenvalue weighted by Crippen LogP contribution is -2.47. The van der Waals surface area contributed by atoms with E-state index < -0.39 is 11.6 Å². The van der Waals surface area contributed by atoms with Gasteiger partial charge >= 0.3 is 0 Å². The van der Waals surface area contributed by atoms with Crippen LogP contribution in [-0.4, -0.2) is 49.2 Å². The lowest BCUT2D eigenvalue weighted by molar-refractivity contribution is 0.196. The van der Waals surface area contributed by atoms with Gasteiger partial charge in [0.25, 0.3) is 0 Å². The maximum Gasteiger partial charge on any atom is 0.169 e. The number of fused-ring (bicyclic) bond motifs is 1. The molecule has 0 saturated carbocycles. The zero-order valence-electron chi connectivity index (χ0n) is 14.7. The number of hydrogen-bond acceptors (Lipinski definition) is 3. The van der Waals surface area contributed by atoms with Crippen molar-refractivity contribution in [1.82, 2.24) is 9.88 Å². The smallest absolute Gasteiger partial charge is 0.169 e. The number of nitrogens with one attached hydrogen (secondary N) is 1. The van der Waals surface area contributed by atoms with Gasteiger partial charge in [-0.25, -0.2) is 8.78 Å². The summed E-state index contributed by atoms with van der Waals surface area (Å²) >= 11 is 3.15. The minimum Gasteiger partial charge on any atom is -0.488 e. The number of nitrogens with zero attached hydrogens (tertiary/aromatic N) is 2. The quantitative estimate of drug-likeness (QED) is 0.643. The van der Waals surface area contributed by atoms with E-state index in [0.717, 1.165) is 37.8 Å². The number of ether oxygens (including phenoxy) is 1. The second-order valence-electron chi connectivity index (χ2n) is 6.59. The molecule has 1 aliphatic rings. The molecule has 0 aliphatic carbocycles.